The fraction of sp³-hybridized carbons (Fsp3) is 0.500. The number of hydrogen-bond donors (Lipinski definition) is 0. The second-order valence-electron chi connectivity index (χ2n) is 1.84. The van der Waals surface area contributed by atoms with Crippen LogP contribution in [-0.2, 0) is 0 Å². The van der Waals surface area contributed by atoms with Gasteiger partial charge in [0.15, 0.2) is 0 Å². The summed E-state index contributed by atoms with van der Waals surface area (Å²) in [5.74, 6) is 0. The molecule has 0 aliphatic heterocycles. The maximum atomic E-state index is 11.8. The summed E-state index contributed by atoms with van der Waals surface area (Å²) in [6.45, 7) is 3.36. The van der Waals surface area contributed by atoms with E-state index in [1.807, 2.05) is 0 Å². The van der Waals surface area contributed by atoms with Crippen molar-refractivity contribution in [2.24, 2.45) is 0 Å². The van der Waals surface area contributed by atoms with Crippen LogP contribution in [0.25, 0.3) is 0 Å². The van der Waals surface area contributed by atoms with Crippen molar-refractivity contribution in [1.29, 1.82) is 0 Å². The Hall–Kier alpha value is -0.0400. The van der Waals surface area contributed by atoms with E-state index >= 15 is 0 Å². The van der Waals surface area contributed by atoms with Gasteiger partial charge in [0, 0.05) is 0 Å². The molecule has 8 heavy (non-hydrogen) atoms. The number of halogens is 3. The van der Waals surface area contributed by atoms with Gasteiger partial charge in [0.25, 0.3) is 0 Å². The first-order valence-electron chi connectivity index (χ1n) is 2.09. The van der Waals surface area contributed by atoms with E-state index in [0.29, 0.717) is 6.66 Å². The Morgan fingerprint density at radius 3 is 1.88 bits per heavy atom. The van der Waals surface area contributed by atoms with Gasteiger partial charge in [-0.05, 0) is 0 Å². The van der Waals surface area contributed by atoms with E-state index in [2.05, 4.69) is 6.58 Å². The Morgan fingerprint density at radius 1 is 1.50 bits per heavy atom. The van der Waals surface area contributed by atoms with Crippen molar-refractivity contribution in [2.45, 2.75) is 0 Å². The van der Waals surface area contributed by atoms with Crippen LogP contribution in [0.5, 0.6) is 0 Å². The molecule has 0 aromatic rings. The van der Waals surface area contributed by atoms with Crippen LogP contribution in [0.1, 0.15) is 0 Å². The van der Waals surface area contributed by atoms with Crippen molar-refractivity contribution in [3.8, 4) is 0 Å². The van der Waals surface area contributed by atoms with Crippen LogP contribution < -0.4 is 0 Å². The zero-order valence-corrected chi connectivity index (χ0v) is 5.47. The predicted molar refractivity (Wildman–Crippen MR) is 31.2 cm³/mol. The normalized spacial score (nSPS) is 16.8. The summed E-state index contributed by atoms with van der Waals surface area (Å²) in [4.78, 5) is 0. The van der Waals surface area contributed by atoms with Crippen LogP contribution in [0, 0.1) is 0 Å². The van der Waals surface area contributed by atoms with E-state index in [9.17, 15) is 12.6 Å². The summed E-state index contributed by atoms with van der Waals surface area (Å²) in [6, 6.07) is 0. The Bertz CT molecular complexity index is 92.3. The molecule has 0 bridgehead atoms. The molecule has 0 atom stereocenters. The fourth-order valence-electron chi connectivity index (χ4n) is 0.275. The molecule has 0 radical (unpaired) electrons. The second-order valence-corrected chi connectivity index (χ2v) is 4.96. The number of allylic oxidation sites excluding steroid dienone is 1. The molecule has 0 amide bonds. The fourth-order valence-corrected chi connectivity index (χ4v) is 0.826. The SMILES string of the molecule is C=CCP(C)(F)(F)F. The van der Waals surface area contributed by atoms with Crippen LogP contribution in [0.3, 0.4) is 0 Å². The minimum absolute atomic E-state index is 0.354. The molecule has 0 rings (SSSR count). The van der Waals surface area contributed by atoms with E-state index < -0.39 is 13.7 Å². The van der Waals surface area contributed by atoms with Crippen LogP contribution in [0.4, 0.5) is 12.6 Å². The summed E-state index contributed by atoms with van der Waals surface area (Å²) in [5.41, 5.74) is 0. The van der Waals surface area contributed by atoms with Crippen LogP contribution >= 0.6 is 7.54 Å². The van der Waals surface area contributed by atoms with Gasteiger partial charge in [-0.3, -0.25) is 0 Å². The topological polar surface area (TPSA) is 0 Å². The second kappa shape index (κ2) is 1.73. The Morgan fingerprint density at radius 2 is 1.88 bits per heavy atom. The molecule has 0 nitrogen and oxygen atoms in total. The third kappa shape index (κ3) is 5.96. The van der Waals surface area contributed by atoms with E-state index in [1.54, 1.807) is 0 Å². The average Bonchev–Trinajstić information content (AvgIpc) is 1.25. The number of hydrogen-bond acceptors (Lipinski definition) is 0. The molecule has 0 fully saturated rings. The van der Waals surface area contributed by atoms with Gasteiger partial charge in [0.1, 0.15) is 0 Å². The van der Waals surface area contributed by atoms with Gasteiger partial charge in [-0.15, -0.1) is 0 Å². The molecule has 0 heterocycles. The van der Waals surface area contributed by atoms with Gasteiger partial charge in [-0.2, -0.15) is 0 Å². The van der Waals surface area contributed by atoms with E-state index in [4.69, 9.17) is 0 Å². The van der Waals surface area contributed by atoms with E-state index in [1.165, 1.54) is 0 Å². The molecule has 50 valence electrons. The minimum atomic E-state index is -5.72. The molecule has 0 saturated heterocycles. The van der Waals surface area contributed by atoms with Gasteiger partial charge in [-0.25, -0.2) is 0 Å². The molecule has 0 aromatic heterocycles. The summed E-state index contributed by atoms with van der Waals surface area (Å²) < 4.78 is 35.4. The molecule has 4 heteroatoms. The molecular formula is C4H8F3P. The van der Waals surface area contributed by atoms with Crippen molar-refractivity contribution in [1.82, 2.24) is 0 Å². The van der Waals surface area contributed by atoms with E-state index in [-0.39, 0.29) is 0 Å². The van der Waals surface area contributed by atoms with E-state index in [0.717, 1.165) is 6.08 Å². The van der Waals surface area contributed by atoms with Gasteiger partial charge in [0.05, 0.1) is 0 Å². The first-order chi connectivity index (χ1) is 3.31. The summed E-state index contributed by atoms with van der Waals surface area (Å²) in [7, 11) is -5.72. The molecule has 0 N–H and O–H groups in total. The summed E-state index contributed by atoms with van der Waals surface area (Å²) in [6.07, 6.45) is 0.101. The Labute approximate surface area is 46.7 Å². The molecule has 0 aliphatic rings. The van der Waals surface area contributed by atoms with Crippen molar-refractivity contribution >= 4 is 7.54 Å². The molecule has 0 spiro atoms. The van der Waals surface area contributed by atoms with Crippen LogP contribution in [-0.4, -0.2) is 12.8 Å². The molecule has 0 saturated carbocycles. The predicted octanol–water partition coefficient (Wildman–Crippen LogP) is 3.01. The summed E-state index contributed by atoms with van der Waals surface area (Å²) >= 11 is 0. The van der Waals surface area contributed by atoms with Crippen molar-refractivity contribution in [2.75, 3.05) is 12.8 Å². The van der Waals surface area contributed by atoms with Gasteiger partial charge < -0.3 is 0 Å². The first-order valence-corrected chi connectivity index (χ1v) is 4.63. The molecule has 0 aliphatic carbocycles. The average molecular weight is 144 g/mol. The van der Waals surface area contributed by atoms with Gasteiger partial charge in [-0.1, -0.05) is 0 Å². The Balaban J connectivity index is 3.91. The molecular weight excluding hydrogens is 136 g/mol. The zero-order valence-electron chi connectivity index (χ0n) is 4.57. The third-order valence-corrected chi connectivity index (χ3v) is 1.56. The first kappa shape index (κ1) is 7.96. The van der Waals surface area contributed by atoms with Gasteiger partial charge >= 0.3 is 45.6 Å². The monoisotopic (exact) mass is 144 g/mol. The van der Waals surface area contributed by atoms with Crippen LogP contribution in [0.2, 0.25) is 0 Å². The molecule has 0 aromatic carbocycles. The maximum absolute atomic E-state index is 11.8. The van der Waals surface area contributed by atoms with Crippen molar-refractivity contribution in [3.63, 3.8) is 0 Å². The zero-order chi connectivity index (χ0) is 6.86. The van der Waals surface area contributed by atoms with Crippen LogP contribution in [0.15, 0.2) is 12.7 Å². The molecule has 0 unspecified atom stereocenters. The van der Waals surface area contributed by atoms with Gasteiger partial charge in [0.2, 0.25) is 0 Å². The third-order valence-electron chi connectivity index (χ3n) is 0.519. The van der Waals surface area contributed by atoms with Crippen molar-refractivity contribution in [3.05, 3.63) is 12.7 Å². The quantitative estimate of drug-likeness (QED) is 0.412. The van der Waals surface area contributed by atoms with Crippen molar-refractivity contribution < 1.29 is 12.6 Å². The number of rotatable bonds is 2. The standard InChI is InChI=1S/C4H8F3P/c1-3-4-8(2,5,6)7/h3H,1,4H2,2H3. The summed E-state index contributed by atoms with van der Waals surface area (Å²) in [5, 5.41) is 0. The Kier molecular flexibility index (Phi) is 1.72.